The molecule has 1 heterocycles. The van der Waals surface area contributed by atoms with E-state index in [1.807, 2.05) is 0 Å². The molecular weight excluding hydrogens is 195 g/mol. The number of aromatic nitrogens is 3. The van der Waals surface area contributed by atoms with Crippen LogP contribution in [0.3, 0.4) is 0 Å². The topological polar surface area (TPSA) is 98.8 Å². The molecule has 13 heavy (non-hydrogen) atoms. The molecule has 0 aliphatic rings. The van der Waals surface area contributed by atoms with Gasteiger partial charge in [-0.1, -0.05) is 0 Å². The van der Waals surface area contributed by atoms with E-state index in [-0.39, 0.29) is 5.69 Å². The van der Waals surface area contributed by atoms with Crippen molar-refractivity contribution in [1.29, 1.82) is 0 Å². The van der Waals surface area contributed by atoms with E-state index >= 15 is 0 Å². The second-order valence-electron chi connectivity index (χ2n) is 1.65. The second-order valence-corrected chi connectivity index (χ2v) is 1.65. The summed E-state index contributed by atoms with van der Waals surface area (Å²) in [5.74, 6) is -2.76. The predicted octanol–water partition coefficient (Wildman–Crippen LogP) is -0.269. The van der Waals surface area contributed by atoms with Crippen molar-refractivity contribution < 1.29 is 23.1 Å². The van der Waals surface area contributed by atoms with Crippen LogP contribution in [0.5, 0.6) is 0 Å². The van der Waals surface area contributed by atoms with Crippen LogP contribution in [0, 0.1) is 0 Å². The third kappa shape index (κ3) is 5.47. The molecule has 0 atom stereocenters. The standard InChI is InChI=1S/C2HF3O2.C2H3N3O/c3-2(4,5)1(6)7;6-2-3-1-4-5-2/h(H,6,7);1H,(H2,3,4,5,6). The number of carboxylic acids is 1. The van der Waals surface area contributed by atoms with Crippen molar-refractivity contribution in [1.82, 2.24) is 15.2 Å². The lowest BCUT2D eigenvalue weighted by molar-refractivity contribution is -0.192. The highest BCUT2D eigenvalue weighted by Crippen LogP contribution is 2.13. The average molecular weight is 199 g/mol. The van der Waals surface area contributed by atoms with Gasteiger partial charge in [0.2, 0.25) is 0 Å². The van der Waals surface area contributed by atoms with E-state index in [4.69, 9.17) is 9.90 Å². The second kappa shape index (κ2) is 4.28. The summed E-state index contributed by atoms with van der Waals surface area (Å²) in [6.07, 6.45) is -3.79. The monoisotopic (exact) mass is 199 g/mol. The van der Waals surface area contributed by atoms with Crippen LogP contribution in [-0.4, -0.2) is 32.4 Å². The van der Waals surface area contributed by atoms with E-state index in [0.29, 0.717) is 0 Å². The van der Waals surface area contributed by atoms with Crippen LogP contribution in [0.25, 0.3) is 0 Å². The zero-order chi connectivity index (χ0) is 10.5. The van der Waals surface area contributed by atoms with Crippen molar-refractivity contribution in [2.24, 2.45) is 0 Å². The number of carbonyl (C=O) groups is 1. The van der Waals surface area contributed by atoms with E-state index in [1.165, 1.54) is 6.33 Å². The minimum atomic E-state index is -5.08. The van der Waals surface area contributed by atoms with Gasteiger partial charge in [0.25, 0.3) is 0 Å². The fourth-order valence-corrected chi connectivity index (χ4v) is 0.214. The normalized spacial score (nSPS) is 10.1. The van der Waals surface area contributed by atoms with Gasteiger partial charge >= 0.3 is 17.8 Å². The molecular formula is C4H4F3N3O3. The van der Waals surface area contributed by atoms with Gasteiger partial charge in [0.1, 0.15) is 6.33 Å². The third-order valence-electron chi connectivity index (χ3n) is 0.669. The largest absolute Gasteiger partial charge is 0.490 e. The lowest BCUT2D eigenvalue weighted by Gasteiger charge is -1.93. The number of rotatable bonds is 0. The number of aliphatic carboxylic acids is 1. The molecule has 0 aromatic carbocycles. The highest BCUT2D eigenvalue weighted by Gasteiger charge is 2.38. The molecule has 0 spiro atoms. The van der Waals surface area contributed by atoms with Gasteiger partial charge < -0.3 is 5.11 Å². The van der Waals surface area contributed by atoms with Crippen LogP contribution >= 0.6 is 0 Å². The quantitative estimate of drug-likeness (QED) is 0.535. The van der Waals surface area contributed by atoms with Gasteiger partial charge in [-0.25, -0.2) is 14.7 Å². The Bertz CT molecular complexity index is 297. The summed E-state index contributed by atoms with van der Waals surface area (Å²) in [4.78, 5) is 21.1. The van der Waals surface area contributed by atoms with Crippen LogP contribution in [0.2, 0.25) is 0 Å². The minimum Gasteiger partial charge on any atom is -0.475 e. The summed E-state index contributed by atoms with van der Waals surface area (Å²) >= 11 is 0. The molecule has 0 fully saturated rings. The fraction of sp³-hybridized carbons (Fsp3) is 0.250. The molecule has 0 unspecified atom stereocenters. The first-order valence-electron chi connectivity index (χ1n) is 2.72. The average Bonchev–Trinajstić information content (AvgIpc) is 2.38. The van der Waals surface area contributed by atoms with Gasteiger partial charge in [-0.15, -0.1) is 0 Å². The van der Waals surface area contributed by atoms with Gasteiger partial charge in [-0.05, 0) is 0 Å². The summed E-state index contributed by atoms with van der Waals surface area (Å²) in [6.45, 7) is 0. The molecule has 0 aliphatic carbocycles. The van der Waals surface area contributed by atoms with E-state index < -0.39 is 12.1 Å². The number of alkyl halides is 3. The molecule has 1 aromatic rings. The van der Waals surface area contributed by atoms with Crippen LogP contribution in [0.15, 0.2) is 11.1 Å². The number of hydrogen-bond donors (Lipinski definition) is 3. The molecule has 3 N–H and O–H groups in total. The van der Waals surface area contributed by atoms with E-state index in [1.54, 1.807) is 0 Å². The molecule has 0 amide bonds. The highest BCUT2D eigenvalue weighted by atomic mass is 19.4. The van der Waals surface area contributed by atoms with Gasteiger partial charge in [-0.2, -0.15) is 18.3 Å². The van der Waals surface area contributed by atoms with Crippen molar-refractivity contribution in [2.45, 2.75) is 6.18 Å². The van der Waals surface area contributed by atoms with E-state index in [2.05, 4.69) is 15.2 Å². The third-order valence-corrected chi connectivity index (χ3v) is 0.669. The molecule has 0 aliphatic heterocycles. The maximum absolute atomic E-state index is 10.6. The number of halogens is 3. The first kappa shape index (κ1) is 11.2. The number of nitrogens with one attached hydrogen (secondary N) is 2. The SMILES string of the molecule is O=C(O)C(F)(F)F.O=c1[nH]cn[nH]1. The minimum absolute atomic E-state index is 0.269. The van der Waals surface area contributed by atoms with Gasteiger partial charge in [0.05, 0.1) is 0 Å². The van der Waals surface area contributed by atoms with Crippen molar-refractivity contribution in [3.63, 3.8) is 0 Å². The van der Waals surface area contributed by atoms with Crippen LogP contribution < -0.4 is 5.69 Å². The van der Waals surface area contributed by atoms with Crippen LogP contribution in [0.4, 0.5) is 13.2 Å². The van der Waals surface area contributed by atoms with Crippen LogP contribution in [-0.2, 0) is 4.79 Å². The lowest BCUT2D eigenvalue weighted by atomic mass is 10.7. The molecule has 6 nitrogen and oxygen atoms in total. The zero-order valence-corrected chi connectivity index (χ0v) is 5.92. The molecule has 0 radical (unpaired) electrons. The number of H-pyrrole nitrogens is 2. The van der Waals surface area contributed by atoms with Crippen molar-refractivity contribution >= 4 is 5.97 Å². The first-order chi connectivity index (χ1) is 5.84. The van der Waals surface area contributed by atoms with Crippen molar-refractivity contribution in [3.8, 4) is 0 Å². The van der Waals surface area contributed by atoms with Crippen molar-refractivity contribution in [3.05, 3.63) is 16.8 Å². The number of carboxylic acid groups (broad SMARTS) is 1. The lowest BCUT2D eigenvalue weighted by Crippen LogP contribution is -2.21. The Morgan fingerprint density at radius 3 is 2.08 bits per heavy atom. The first-order valence-corrected chi connectivity index (χ1v) is 2.72. The van der Waals surface area contributed by atoms with Crippen LogP contribution in [0.1, 0.15) is 0 Å². The zero-order valence-electron chi connectivity index (χ0n) is 5.92. The molecule has 0 bridgehead atoms. The summed E-state index contributed by atoms with van der Waals surface area (Å²) < 4.78 is 31.7. The molecule has 0 saturated heterocycles. The Balaban J connectivity index is 0.000000223. The Kier molecular flexibility index (Phi) is 3.69. The predicted molar refractivity (Wildman–Crippen MR) is 32.9 cm³/mol. The summed E-state index contributed by atoms with van der Waals surface area (Å²) in [7, 11) is 0. The smallest absolute Gasteiger partial charge is 0.475 e. The molecule has 1 rings (SSSR count). The Morgan fingerprint density at radius 1 is 1.54 bits per heavy atom. The number of nitrogens with zero attached hydrogens (tertiary/aromatic N) is 1. The summed E-state index contributed by atoms with van der Waals surface area (Å²) in [5, 5.41) is 12.6. The molecule has 9 heteroatoms. The molecule has 74 valence electrons. The Hall–Kier alpha value is -1.80. The fourth-order valence-electron chi connectivity index (χ4n) is 0.214. The van der Waals surface area contributed by atoms with E-state index in [9.17, 15) is 18.0 Å². The number of aromatic amines is 2. The molecule has 0 saturated carbocycles. The number of hydrogen-bond acceptors (Lipinski definition) is 3. The van der Waals surface area contributed by atoms with E-state index in [0.717, 1.165) is 0 Å². The van der Waals surface area contributed by atoms with Gasteiger partial charge in [0, 0.05) is 0 Å². The van der Waals surface area contributed by atoms with Crippen molar-refractivity contribution in [2.75, 3.05) is 0 Å². The Labute approximate surface area is 68.4 Å². The molecule has 1 aromatic heterocycles. The summed E-state index contributed by atoms with van der Waals surface area (Å²) in [5.41, 5.74) is -0.269. The summed E-state index contributed by atoms with van der Waals surface area (Å²) in [6, 6.07) is 0. The highest BCUT2D eigenvalue weighted by molar-refractivity contribution is 5.73. The maximum Gasteiger partial charge on any atom is 0.490 e. The maximum atomic E-state index is 10.6. The van der Waals surface area contributed by atoms with Gasteiger partial charge in [-0.3, -0.25) is 4.98 Å². The Morgan fingerprint density at radius 2 is 2.00 bits per heavy atom. The van der Waals surface area contributed by atoms with Gasteiger partial charge in [0.15, 0.2) is 0 Å².